The van der Waals surface area contributed by atoms with Crippen LogP contribution in [0.1, 0.15) is 134 Å². The van der Waals surface area contributed by atoms with Crippen LogP contribution in [0.5, 0.6) is 11.5 Å². The van der Waals surface area contributed by atoms with Crippen LogP contribution < -0.4 is 9.47 Å². The number of unbranched alkanes of at least 4 members (excludes halogenated alkanes) is 14. The molecule has 2 N–H and O–H groups in total. The number of methoxy groups -OCH3 is 1. The number of aliphatic hydroxyl groups excluding tert-OH is 1. The van der Waals surface area contributed by atoms with Crippen molar-refractivity contribution >= 4 is 5.97 Å². The van der Waals surface area contributed by atoms with Gasteiger partial charge in [0.05, 0.1) is 18.6 Å². The monoisotopic (exact) mass is 571 g/mol. The highest BCUT2D eigenvalue weighted by Crippen LogP contribution is 2.55. The molecule has 0 saturated heterocycles. The van der Waals surface area contributed by atoms with Gasteiger partial charge in [-0.15, -0.1) is 0 Å². The van der Waals surface area contributed by atoms with Gasteiger partial charge in [0.2, 0.25) is 0 Å². The van der Waals surface area contributed by atoms with Crippen LogP contribution in [0.4, 0.5) is 0 Å². The molecule has 6 nitrogen and oxygen atoms in total. The molecule has 6 heteroatoms. The lowest BCUT2D eigenvalue weighted by Gasteiger charge is -2.35. The van der Waals surface area contributed by atoms with Crippen molar-refractivity contribution in [3.63, 3.8) is 0 Å². The number of benzene rings is 1. The van der Waals surface area contributed by atoms with Crippen molar-refractivity contribution in [3.8, 4) is 11.5 Å². The molecule has 4 rings (SSSR count). The third kappa shape index (κ3) is 10.0. The highest BCUT2D eigenvalue weighted by Gasteiger charge is 2.52. The summed E-state index contributed by atoms with van der Waals surface area (Å²) >= 11 is 0. The Kier molecular flexibility index (Phi) is 14.5. The molecule has 2 aliphatic heterocycles. The summed E-state index contributed by atoms with van der Waals surface area (Å²) in [4.78, 5) is 12.7. The highest BCUT2D eigenvalue weighted by molar-refractivity contribution is 5.66. The number of nitrogens with zero attached hydrogens (tertiary/aromatic N) is 1. The minimum atomic E-state index is -0.653. The molecule has 0 bridgehead atoms. The maximum atomic E-state index is 10.3. The topological polar surface area (TPSA) is 79.2 Å². The number of hydrogen-bond donors (Lipinski definition) is 2. The Morgan fingerprint density at radius 2 is 1.56 bits per heavy atom. The Morgan fingerprint density at radius 1 is 0.976 bits per heavy atom. The van der Waals surface area contributed by atoms with Crippen LogP contribution in [0.15, 0.2) is 24.3 Å². The summed E-state index contributed by atoms with van der Waals surface area (Å²) in [6, 6.07) is 4.16. The minimum Gasteiger partial charge on any atom is -0.493 e. The number of aliphatic carboxylic acids is 1. The number of carboxylic acids is 1. The fourth-order valence-corrected chi connectivity index (χ4v) is 6.72. The molecule has 1 aromatic carbocycles. The van der Waals surface area contributed by atoms with Gasteiger partial charge in [-0.1, -0.05) is 115 Å². The number of ether oxygens (including phenoxy) is 2. The number of hydrogen-bond acceptors (Lipinski definition) is 5. The van der Waals surface area contributed by atoms with Gasteiger partial charge in [0.25, 0.3) is 0 Å². The summed E-state index contributed by atoms with van der Waals surface area (Å²) in [6.07, 6.45) is 25.6. The van der Waals surface area contributed by atoms with E-state index >= 15 is 0 Å². The van der Waals surface area contributed by atoms with E-state index in [9.17, 15) is 9.90 Å². The van der Waals surface area contributed by atoms with Gasteiger partial charge in [-0.25, -0.2) is 0 Å². The average molecular weight is 572 g/mol. The predicted molar refractivity (Wildman–Crippen MR) is 167 cm³/mol. The summed E-state index contributed by atoms with van der Waals surface area (Å²) in [5, 5.41) is 18.5. The van der Waals surface area contributed by atoms with Crippen LogP contribution in [-0.2, 0) is 16.8 Å². The van der Waals surface area contributed by atoms with Crippen molar-refractivity contribution in [2.24, 2.45) is 0 Å². The van der Waals surface area contributed by atoms with Crippen LogP contribution in [0, 0.1) is 0 Å². The Labute approximate surface area is 249 Å². The van der Waals surface area contributed by atoms with E-state index in [0.717, 1.165) is 43.9 Å². The van der Waals surface area contributed by atoms with Crippen molar-refractivity contribution in [2.75, 3.05) is 20.7 Å². The molecule has 1 aliphatic carbocycles. The molecular weight excluding hydrogens is 514 g/mol. The molecule has 0 aromatic heterocycles. The quantitative estimate of drug-likeness (QED) is 0.145. The van der Waals surface area contributed by atoms with Crippen molar-refractivity contribution in [3.05, 3.63) is 35.4 Å². The zero-order valence-corrected chi connectivity index (χ0v) is 26.2. The van der Waals surface area contributed by atoms with E-state index in [0.29, 0.717) is 12.8 Å². The van der Waals surface area contributed by atoms with Crippen LogP contribution in [0.3, 0.4) is 0 Å². The second kappa shape index (κ2) is 17.8. The van der Waals surface area contributed by atoms with E-state index in [-0.39, 0.29) is 11.5 Å². The summed E-state index contributed by atoms with van der Waals surface area (Å²) in [7, 11) is 3.84. The Balaban J connectivity index is 0.000000226. The Bertz CT molecular complexity index is 947. The van der Waals surface area contributed by atoms with Gasteiger partial charge in [0.15, 0.2) is 11.5 Å². The Morgan fingerprint density at radius 3 is 2.12 bits per heavy atom. The molecule has 41 heavy (non-hydrogen) atoms. The van der Waals surface area contributed by atoms with Crippen LogP contribution in [-0.4, -0.2) is 54.0 Å². The molecule has 232 valence electrons. The van der Waals surface area contributed by atoms with Crippen molar-refractivity contribution < 1.29 is 24.5 Å². The number of carbonyl (C=O) groups is 1. The summed E-state index contributed by atoms with van der Waals surface area (Å²) in [5.74, 6) is 1.03. The van der Waals surface area contributed by atoms with E-state index in [1.807, 2.05) is 12.1 Å². The first-order chi connectivity index (χ1) is 19.9. The molecule has 0 fully saturated rings. The van der Waals surface area contributed by atoms with E-state index in [1.165, 1.54) is 94.6 Å². The number of rotatable bonds is 17. The highest BCUT2D eigenvalue weighted by atomic mass is 16.5. The molecule has 0 unspecified atom stereocenters. The first-order valence-electron chi connectivity index (χ1n) is 16.6. The van der Waals surface area contributed by atoms with Gasteiger partial charge in [-0.2, -0.15) is 0 Å². The van der Waals surface area contributed by atoms with Gasteiger partial charge in [-0.05, 0) is 38.1 Å². The van der Waals surface area contributed by atoms with E-state index in [2.05, 4.69) is 31.0 Å². The smallest absolute Gasteiger partial charge is 0.303 e. The number of carboxylic acid groups (broad SMARTS) is 1. The lowest BCUT2D eigenvalue weighted by Crippen LogP contribution is -2.42. The van der Waals surface area contributed by atoms with E-state index in [1.54, 1.807) is 7.11 Å². The summed E-state index contributed by atoms with van der Waals surface area (Å²) in [5.41, 5.74) is 2.48. The lowest BCUT2D eigenvalue weighted by molar-refractivity contribution is -0.137. The van der Waals surface area contributed by atoms with Crippen molar-refractivity contribution in [1.29, 1.82) is 0 Å². The van der Waals surface area contributed by atoms with Crippen LogP contribution in [0.25, 0.3) is 0 Å². The largest absolute Gasteiger partial charge is 0.493 e. The minimum absolute atomic E-state index is 0.00838. The van der Waals surface area contributed by atoms with Crippen LogP contribution in [0.2, 0.25) is 0 Å². The maximum Gasteiger partial charge on any atom is 0.303 e. The van der Waals surface area contributed by atoms with Gasteiger partial charge in [0, 0.05) is 24.9 Å². The van der Waals surface area contributed by atoms with Crippen LogP contribution >= 0.6 is 0 Å². The zero-order valence-electron chi connectivity index (χ0n) is 26.2. The molecule has 2 heterocycles. The fourth-order valence-electron chi connectivity index (χ4n) is 6.72. The van der Waals surface area contributed by atoms with Gasteiger partial charge >= 0.3 is 5.97 Å². The zero-order chi connectivity index (χ0) is 29.5. The molecule has 0 radical (unpaired) electrons. The summed E-state index contributed by atoms with van der Waals surface area (Å²) in [6.45, 7) is 4.23. The molecular formula is C35H57NO5. The average Bonchev–Trinajstić information content (AvgIpc) is 3.21. The van der Waals surface area contributed by atoms with E-state index < -0.39 is 12.1 Å². The third-order valence-corrected chi connectivity index (χ3v) is 9.14. The molecule has 1 spiro atoms. The van der Waals surface area contributed by atoms with Gasteiger partial charge in [-0.3, -0.25) is 4.79 Å². The molecule has 3 aliphatic rings. The van der Waals surface area contributed by atoms with Crippen molar-refractivity contribution in [2.45, 2.75) is 147 Å². The second-order valence-electron chi connectivity index (χ2n) is 12.5. The second-order valence-corrected chi connectivity index (χ2v) is 12.5. The molecule has 1 aromatic rings. The first kappa shape index (κ1) is 33.5. The SMILES string of the molecule is CCCCCCCCCCCCCCCCCC(=O)O.COc1ccc2c3c1O[C@H]1C[C@@H](O)C=C[C@@]31CCN(C)C2. The summed E-state index contributed by atoms with van der Waals surface area (Å²) < 4.78 is 11.8. The normalized spacial score (nSPS) is 22.6. The van der Waals surface area contributed by atoms with Crippen molar-refractivity contribution in [1.82, 2.24) is 4.90 Å². The molecule has 0 saturated carbocycles. The predicted octanol–water partition coefficient (Wildman–Crippen LogP) is 8.18. The number of aliphatic hydroxyl groups is 1. The van der Waals surface area contributed by atoms with Gasteiger partial charge in [0.1, 0.15) is 6.10 Å². The maximum absolute atomic E-state index is 10.3. The van der Waals surface area contributed by atoms with Gasteiger partial charge < -0.3 is 24.6 Å². The van der Waals surface area contributed by atoms with E-state index in [4.69, 9.17) is 14.6 Å². The molecule has 0 amide bonds. The Hall–Kier alpha value is -2.05. The standard InChI is InChI=1S/C18H36O2.C17H21NO3/c1-2-3-4-5-6-7-8-9-10-11-12-13-14-15-16-17-18(19)20;1-18-8-7-17-6-5-12(19)9-14(17)21-16-13(20-2)4-3-11(10-18)15(16)17/h2-17H2,1H3,(H,19,20);3-6,12,14,19H,7-10H2,1-2H3/t;12-,14-,17-/m.0/s1. The third-order valence-electron chi connectivity index (χ3n) is 9.14. The molecule has 3 atom stereocenters. The fraction of sp³-hybridized carbons (Fsp3) is 0.743. The lowest BCUT2D eigenvalue weighted by atomic mass is 9.69. The first-order valence-corrected chi connectivity index (χ1v) is 16.6.